The standard InChI is InChI=1S/C18H20O4.Sn/c1-13-9-7-5-3-2-4-6-8-10-14-11-15(19)12-16(20)17(14)18(21)22-13;/h4-7,11-13,19-20H,2-3,9-10H2,1H3;/b6-4+,7-5+;. The number of ether oxygens (including phenoxy) is 1. The predicted octanol–water partition coefficient (Wildman–Crippen LogP) is 2.82. The monoisotopic (exact) mass is 420 g/mol. The van der Waals surface area contributed by atoms with Gasteiger partial charge in [-0.15, -0.1) is 0 Å². The number of benzene rings is 1. The zero-order chi connectivity index (χ0) is 16.8. The van der Waals surface area contributed by atoms with Gasteiger partial charge in [-0.3, -0.25) is 0 Å². The number of rotatable bonds is 0. The number of carbonyl (C=O) groups excluding carboxylic acids is 1. The SMILES string of the molecule is CC1C/C=C/CC/C=C/[C](=[Sn])Cc2cc(O)cc(O)c2C(=O)O1. The summed E-state index contributed by atoms with van der Waals surface area (Å²) in [6.07, 6.45) is 11.1. The molecule has 0 saturated heterocycles. The molecule has 0 saturated carbocycles. The number of hydrogen-bond acceptors (Lipinski definition) is 4. The average molecular weight is 419 g/mol. The Hall–Kier alpha value is -1.56. The van der Waals surface area contributed by atoms with E-state index >= 15 is 0 Å². The van der Waals surface area contributed by atoms with Crippen LogP contribution in [0.3, 0.4) is 0 Å². The van der Waals surface area contributed by atoms with Crippen LogP contribution in [0, 0.1) is 0 Å². The van der Waals surface area contributed by atoms with Crippen molar-refractivity contribution in [1.82, 2.24) is 0 Å². The Kier molecular flexibility index (Phi) is 6.45. The van der Waals surface area contributed by atoms with Gasteiger partial charge in [0.25, 0.3) is 0 Å². The molecule has 1 aliphatic heterocycles. The van der Waals surface area contributed by atoms with E-state index in [0.29, 0.717) is 18.4 Å². The first-order valence-corrected chi connectivity index (χ1v) is 9.05. The zero-order valence-corrected chi connectivity index (χ0v) is 15.9. The fourth-order valence-corrected chi connectivity index (χ4v) is 3.30. The maximum absolute atomic E-state index is 12.4. The number of phenolic OH excluding ortho intramolecular Hbond substituents is 2. The maximum atomic E-state index is 12.4. The summed E-state index contributed by atoms with van der Waals surface area (Å²) in [5.41, 5.74) is 0.729. The second-order valence-electron chi connectivity index (χ2n) is 5.60. The molecular weight excluding hydrogens is 399 g/mol. The number of allylic oxidation sites excluding steroid dienone is 3. The van der Waals surface area contributed by atoms with Crippen LogP contribution >= 0.6 is 0 Å². The fraction of sp³-hybridized carbons (Fsp3) is 0.333. The summed E-state index contributed by atoms with van der Waals surface area (Å²) in [5, 5.41) is 19.8. The van der Waals surface area contributed by atoms with Gasteiger partial charge in [-0.25, -0.2) is 0 Å². The molecule has 0 aromatic heterocycles. The van der Waals surface area contributed by atoms with Crippen LogP contribution in [0.1, 0.15) is 42.1 Å². The van der Waals surface area contributed by atoms with Crippen molar-refractivity contribution < 1.29 is 19.7 Å². The van der Waals surface area contributed by atoms with E-state index in [-0.39, 0.29) is 23.2 Å². The molecule has 2 rings (SSSR count). The molecule has 0 fully saturated rings. The number of carbonyl (C=O) groups is 1. The Morgan fingerprint density at radius 1 is 1.17 bits per heavy atom. The minimum absolute atomic E-state index is 0.0567. The summed E-state index contributed by atoms with van der Waals surface area (Å²) in [6.45, 7) is 1.83. The van der Waals surface area contributed by atoms with Crippen molar-refractivity contribution in [2.24, 2.45) is 0 Å². The van der Waals surface area contributed by atoms with Crippen molar-refractivity contribution in [2.45, 2.75) is 38.7 Å². The molecular formula is C18H20O4Sn. The number of phenols is 2. The van der Waals surface area contributed by atoms with Crippen molar-refractivity contribution in [1.29, 1.82) is 0 Å². The van der Waals surface area contributed by atoms with Gasteiger partial charge in [-0.2, -0.15) is 0 Å². The van der Waals surface area contributed by atoms with Crippen molar-refractivity contribution in [3.05, 3.63) is 47.6 Å². The quantitative estimate of drug-likeness (QED) is 0.386. The third-order valence-electron chi connectivity index (χ3n) is 3.53. The fourth-order valence-electron chi connectivity index (χ4n) is 2.42. The number of esters is 1. The van der Waals surface area contributed by atoms with Gasteiger partial charge in [-0.05, 0) is 0 Å². The van der Waals surface area contributed by atoms with Crippen molar-refractivity contribution in [3.63, 3.8) is 0 Å². The second kappa shape index (κ2) is 8.34. The van der Waals surface area contributed by atoms with Crippen molar-refractivity contribution >= 4 is 31.5 Å². The molecule has 1 aromatic carbocycles. The molecule has 1 aliphatic rings. The molecule has 0 spiro atoms. The van der Waals surface area contributed by atoms with Gasteiger partial charge in [-0.1, -0.05) is 0 Å². The van der Waals surface area contributed by atoms with Crippen LogP contribution in [0.2, 0.25) is 0 Å². The Balaban J connectivity index is 2.40. The van der Waals surface area contributed by atoms with E-state index in [1.165, 1.54) is 34.2 Å². The van der Waals surface area contributed by atoms with E-state index in [0.717, 1.165) is 16.4 Å². The molecule has 0 bridgehead atoms. The van der Waals surface area contributed by atoms with Gasteiger partial charge < -0.3 is 0 Å². The van der Waals surface area contributed by atoms with Crippen molar-refractivity contribution in [2.75, 3.05) is 0 Å². The number of cyclic esters (lactones) is 1. The molecule has 1 aromatic rings. The van der Waals surface area contributed by atoms with E-state index in [1.54, 1.807) is 0 Å². The summed E-state index contributed by atoms with van der Waals surface area (Å²) in [6, 6.07) is 2.69. The number of hydrogen-bond donors (Lipinski definition) is 2. The van der Waals surface area contributed by atoms with Gasteiger partial charge >= 0.3 is 149 Å². The minimum atomic E-state index is -0.553. The normalized spacial score (nSPS) is 22.6. The first-order valence-electron chi connectivity index (χ1n) is 7.62. The number of aromatic hydroxyl groups is 2. The molecule has 1 atom stereocenters. The molecule has 2 radical (unpaired) electrons. The summed E-state index contributed by atoms with van der Waals surface area (Å²) in [7, 11) is 0. The van der Waals surface area contributed by atoms with E-state index in [4.69, 9.17) is 4.74 Å². The predicted molar refractivity (Wildman–Crippen MR) is 91.2 cm³/mol. The molecule has 0 amide bonds. The van der Waals surface area contributed by atoms with Gasteiger partial charge in [0, 0.05) is 0 Å². The molecule has 2 N–H and O–H groups in total. The zero-order valence-electron chi connectivity index (χ0n) is 13.1. The summed E-state index contributed by atoms with van der Waals surface area (Å²) >= 11 is 1.23. The van der Waals surface area contributed by atoms with Crippen LogP contribution in [-0.2, 0) is 11.2 Å². The van der Waals surface area contributed by atoms with Crippen LogP contribution in [0.4, 0.5) is 0 Å². The summed E-state index contributed by atoms with van der Waals surface area (Å²) in [4.78, 5) is 12.4. The average Bonchev–Trinajstić information content (AvgIpc) is 2.44. The van der Waals surface area contributed by atoms with E-state index in [9.17, 15) is 15.0 Å². The van der Waals surface area contributed by atoms with E-state index < -0.39 is 5.97 Å². The van der Waals surface area contributed by atoms with Gasteiger partial charge in [0.05, 0.1) is 0 Å². The molecule has 4 nitrogen and oxygen atoms in total. The summed E-state index contributed by atoms with van der Waals surface area (Å²) < 4.78 is 6.56. The molecule has 5 heteroatoms. The first kappa shape index (κ1) is 17.8. The van der Waals surface area contributed by atoms with Crippen LogP contribution in [0.15, 0.2) is 36.4 Å². The topological polar surface area (TPSA) is 66.8 Å². The Morgan fingerprint density at radius 3 is 2.70 bits per heavy atom. The van der Waals surface area contributed by atoms with E-state index in [1.807, 2.05) is 13.0 Å². The van der Waals surface area contributed by atoms with Crippen LogP contribution in [-0.4, -0.2) is 47.9 Å². The van der Waals surface area contributed by atoms with Crippen molar-refractivity contribution in [3.8, 4) is 11.5 Å². The third-order valence-corrected chi connectivity index (χ3v) is 4.51. The van der Waals surface area contributed by atoms with Gasteiger partial charge in [0.2, 0.25) is 0 Å². The van der Waals surface area contributed by atoms with Crippen LogP contribution < -0.4 is 0 Å². The molecule has 23 heavy (non-hydrogen) atoms. The summed E-state index contributed by atoms with van der Waals surface area (Å²) in [5.74, 6) is -0.853. The van der Waals surface area contributed by atoms with Crippen LogP contribution in [0.25, 0.3) is 0 Å². The molecule has 0 aliphatic carbocycles. The number of fused-ring (bicyclic) bond motifs is 1. The van der Waals surface area contributed by atoms with E-state index in [2.05, 4.69) is 18.2 Å². The van der Waals surface area contributed by atoms with Gasteiger partial charge in [0.1, 0.15) is 0 Å². The van der Waals surface area contributed by atoms with Crippen LogP contribution in [0.5, 0.6) is 11.5 Å². The first-order chi connectivity index (χ1) is 11.0. The molecule has 1 heterocycles. The Labute approximate surface area is 149 Å². The Morgan fingerprint density at radius 2 is 1.91 bits per heavy atom. The molecule has 120 valence electrons. The second-order valence-corrected chi connectivity index (χ2v) is 7.44. The third kappa shape index (κ3) is 5.23. The van der Waals surface area contributed by atoms with Gasteiger partial charge in [0.15, 0.2) is 0 Å². The Bertz CT molecular complexity index is 661. The molecule has 1 unspecified atom stereocenters.